The Morgan fingerprint density at radius 1 is 1.23 bits per heavy atom. The van der Waals surface area contributed by atoms with Crippen molar-refractivity contribution in [1.82, 2.24) is 5.32 Å². The number of benzene rings is 2. The third-order valence-corrected chi connectivity index (χ3v) is 4.09. The van der Waals surface area contributed by atoms with Crippen LogP contribution >= 0.6 is 11.6 Å². The van der Waals surface area contributed by atoms with Crippen molar-refractivity contribution in [3.8, 4) is 5.75 Å². The van der Waals surface area contributed by atoms with Crippen LogP contribution in [0.4, 0.5) is 4.39 Å². The van der Waals surface area contributed by atoms with Crippen molar-refractivity contribution in [1.29, 1.82) is 0 Å². The van der Waals surface area contributed by atoms with E-state index in [1.807, 2.05) is 13.8 Å². The number of carbonyl (C=O) groups is 2. The van der Waals surface area contributed by atoms with E-state index in [-0.39, 0.29) is 5.56 Å². The summed E-state index contributed by atoms with van der Waals surface area (Å²) in [5.74, 6) is -2.22. The largest absolute Gasteiger partial charge is 0.484 e. The zero-order chi connectivity index (χ0) is 19.3. The molecule has 0 radical (unpaired) electrons. The minimum Gasteiger partial charge on any atom is -0.484 e. The number of aryl methyl sites for hydroxylation is 2. The maximum Gasteiger partial charge on any atom is 0.352 e. The summed E-state index contributed by atoms with van der Waals surface area (Å²) < 4.78 is 19.0. The topological polar surface area (TPSA) is 75.6 Å². The molecular weight excluding hydrogens is 361 g/mol. The molecule has 0 spiro atoms. The smallest absolute Gasteiger partial charge is 0.352 e. The van der Waals surface area contributed by atoms with Crippen molar-refractivity contribution in [3.05, 3.63) is 69.6 Å². The van der Waals surface area contributed by atoms with Gasteiger partial charge in [-0.25, -0.2) is 9.18 Å². The maximum atomic E-state index is 13.6. The number of amides is 1. The second-order valence-electron chi connectivity index (χ2n) is 5.59. The normalized spacial score (nSPS) is 11.2. The molecule has 0 bridgehead atoms. The van der Waals surface area contributed by atoms with Gasteiger partial charge in [0.25, 0.3) is 5.91 Å². The van der Waals surface area contributed by atoms with Gasteiger partial charge in [0.1, 0.15) is 17.3 Å². The van der Waals surface area contributed by atoms with Crippen LogP contribution in [0.15, 0.2) is 42.1 Å². The van der Waals surface area contributed by atoms with Crippen molar-refractivity contribution in [2.45, 2.75) is 13.8 Å². The molecule has 0 aliphatic rings. The van der Waals surface area contributed by atoms with Crippen LogP contribution in [0.1, 0.15) is 16.7 Å². The molecule has 0 aliphatic carbocycles. The molecule has 0 saturated heterocycles. The van der Waals surface area contributed by atoms with E-state index in [0.717, 1.165) is 17.2 Å². The molecule has 2 N–H and O–H groups in total. The number of carbonyl (C=O) groups excluding carboxylic acids is 1. The van der Waals surface area contributed by atoms with Crippen molar-refractivity contribution in [3.63, 3.8) is 0 Å². The van der Waals surface area contributed by atoms with Crippen molar-refractivity contribution >= 4 is 29.6 Å². The van der Waals surface area contributed by atoms with Crippen LogP contribution in [0.25, 0.3) is 6.08 Å². The Morgan fingerprint density at radius 3 is 2.42 bits per heavy atom. The van der Waals surface area contributed by atoms with Gasteiger partial charge < -0.3 is 15.2 Å². The molecule has 0 saturated carbocycles. The Balaban J connectivity index is 2.07. The molecule has 0 aromatic heterocycles. The van der Waals surface area contributed by atoms with E-state index >= 15 is 0 Å². The van der Waals surface area contributed by atoms with Crippen LogP contribution in [-0.4, -0.2) is 23.6 Å². The summed E-state index contributed by atoms with van der Waals surface area (Å²) >= 11 is 6.07. The second-order valence-corrected chi connectivity index (χ2v) is 5.97. The predicted octanol–water partition coefficient (Wildman–Crippen LogP) is 3.72. The second kappa shape index (κ2) is 8.49. The Hall–Kier alpha value is -2.86. The molecule has 2 aromatic carbocycles. The van der Waals surface area contributed by atoms with Crippen LogP contribution < -0.4 is 10.1 Å². The molecule has 2 rings (SSSR count). The van der Waals surface area contributed by atoms with Gasteiger partial charge in [0.2, 0.25) is 0 Å². The molecule has 136 valence electrons. The third kappa shape index (κ3) is 5.07. The Labute approximate surface area is 155 Å². The highest BCUT2D eigenvalue weighted by Gasteiger charge is 2.14. The van der Waals surface area contributed by atoms with E-state index in [1.165, 1.54) is 18.2 Å². The predicted molar refractivity (Wildman–Crippen MR) is 96.6 cm³/mol. The fourth-order valence-electron chi connectivity index (χ4n) is 2.22. The Morgan fingerprint density at radius 2 is 1.85 bits per heavy atom. The minimum absolute atomic E-state index is 0.0510. The summed E-state index contributed by atoms with van der Waals surface area (Å²) in [6.07, 6.45) is 1.05. The summed E-state index contributed by atoms with van der Waals surface area (Å²) in [6.45, 7) is 3.21. The number of carboxylic acids is 1. The Bertz CT molecular complexity index is 857. The number of rotatable bonds is 6. The summed E-state index contributed by atoms with van der Waals surface area (Å²) in [4.78, 5) is 23.3. The van der Waals surface area contributed by atoms with Crippen LogP contribution in [-0.2, 0) is 9.59 Å². The average Bonchev–Trinajstić information content (AvgIpc) is 2.58. The highest BCUT2D eigenvalue weighted by molar-refractivity contribution is 6.32. The van der Waals surface area contributed by atoms with Gasteiger partial charge in [0.15, 0.2) is 6.61 Å². The van der Waals surface area contributed by atoms with Gasteiger partial charge in [0.05, 0.1) is 0 Å². The summed E-state index contributed by atoms with van der Waals surface area (Å²) in [5.41, 5.74) is 1.20. The van der Waals surface area contributed by atoms with E-state index in [0.29, 0.717) is 10.8 Å². The summed E-state index contributed by atoms with van der Waals surface area (Å²) in [7, 11) is 0. The summed E-state index contributed by atoms with van der Waals surface area (Å²) in [6, 6.07) is 8.99. The fraction of sp³-hybridized carbons (Fsp3) is 0.158. The van der Waals surface area contributed by atoms with E-state index in [1.54, 1.807) is 18.2 Å². The van der Waals surface area contributed by atoms with Gasteiger partial charge >= 0.3 is 5.97 Å². The quantitative estimate of drug-likeness (QED) is 0.752. The fourth-order valence-corrected chi connectivity index (χ4v) is 2.33. The first kappa shape index (κ1) is 19.5. The van der Waals surface area contributed by atoms with Gasteiger partial charge in [-0.2, -0.15) is 0 Å². The lowest BCUT2D eigenvalue weighted by atomic mass is 10.1. The van der Waals surface area contributed by atoms with Gasteiger partial charge in [-0.3, -0.25) is 4.79 Å². The molecule has 0 unspecified atom stereocenters. The van der Waals surface area contributed by atoms with Crippen molar-refractivity contribution < 1.29 is 23.8 Å². The van der Waals surface area contributed by atoms with Gasteiger partial charge in [-0.05, 0) is 49.2 Å². The van der Waals surface area contributed by atoms with Gasteiger partial charge in [0, 0.05) is 10.6 Å². The monoisotopic (exact) mass is 377 g/mol. The zero-order valence-corrected chi connectivity index (χ0v) is 14.9. The lowest BCUT2D eigenvalue weighted by molar-refractivity contribution is -0.134. The Kier molecular flexibility index (Phi) is 6.36. The van der Waals surface area contributed by atoms with Crippen LogP contribution in [0.2, 0.25) is 5.02 Å². The minimum atomic E-state index is -1.39. The van der Waals surface area contributed by atoms with Gasteiger partial charge in [-0.1, -0.05) is 29.8 Å². The molecule has 0 heterocycles. The molecule has 26 heavy (non-hydrogen) atoms. The first-order valence-electron chi connectivity index (χ1n) is 7.67. The molecule has 2 aromatic rings. The lowest BCUT2D eigenvalue weighted by Crippen LogP contribution is -2.31. The number of nitrogens with one attached hydrogen (secondary N) is 1. The summed E-state index contributed by atoms with van der Waals surface area (Å²) in [5, 5.41) is 12.0. The number of aliphatic carboxylic acids is 1. The average molecular weight is 378 g/mol. The van der Waals surface area contributed by atoms with E-state index < -0.39 is 30.0 Å². The molecular formula is C19H17ClFNO4. The number of hydrogen-bond acceptors (Lipinski definition) is 3. The molecule has 0 fully saturated rings. The lowest BCUT2D eigenvalue weighted by Gasteiger charge is -2.11. The number of hydrogen-bond donors (Lipinski definition) is 2. The standard InChI is InChI=1S/C19H17ClFNO4/c1-11-7-14(8-12(2)18(11)20)26-10-17(23)22-16(19(24)25)9-13-5-3-4-6-15(13)21/h3-9H,10H2,1-2H3,(H,22,23)(H,24,25)/b16-9+. The van der Waals surface area contributed by atoms with E-state index in [4.69, 9.17) is 16.3 Å². The van der Waals surface area contributed by atoms with Crippen LogP contribution in [0, 0.1) is 19.7 Å². The van der Waals surface area contributed by atoms with E-state index in [9.17, 15) is 19.1 Å². The third-order valence-electron chi connectivity index (χ3n) is 3.49. The molecule has 0 aliphatic heterocycles. The number of carboxylic acid groups (broad SMARTS) is 1. The van der Waals surface area contributed by atoms with Crippen molar-refractivity contribution in [2.24, 2.45) is 0 Å². The first-order valence-corrected chi connectivity index (χ1v) is 8.04. The molecule has 7 heteroatoms. The zero-order valence-electron chi connectivity index (χ0n) is 14.2. The van der Waals surface area contributed by atoms with Crippen LogP contribution in [0.3, 0.4) is 0 Å². The van der Waals surface area contributed by atoms with Gasteiger partial charge in [-0.15, -0.1) is 0 Å². The number of ether oxygens (including phenoxy) is 1. The molecule has 5 nitrogen and oxygen atoms in total. The highest BCUT2D eigenvalue weighted by atomic mass is 35.5. The van der Waals surface area contributed by atoms with E-state index in [2.05, 4.69) is 5.32 Å². The maximum absolute atomic E-state index is 13.6. The number of halogens is 2. The first-order chi connectivity index (χ1) is 12.3. The highest BCUT2D eigenvalue weighted by Crippen LogP contribution is 2.25. The van der Waals surface area contributed by atoms with Crippen LogP contribution in [0.5, 0.6) is 5.75 Å². The van der Waals surface area contributed by atoms with Crippen molar-refractivity contribution in [2.75, 3.05) is 6.61 Å². The molecule has 0 atom stereocenters. The molecule has 1 amide bonds. The SMILES string of the molecule is Cc1cc(OCC(=O)N/C(=C/c2ccccc2F)C(=O)O)cc(C)c1Cl.